The van der Waals surface area contributed by atoms with E-state index >= 15 is 0 Å². The van der Waals surface area contributed by atoms with Crippen LogP contribution in [0, 0.1) is 17.3 Å². The summed E-state index contributed by atoms with van der Waals surface area (Å²) < 4.78 is 11.7. The first kappa shape index (κ1) is 25.2. The molecule has 0 spiro atoms. The Kier molecular flexibility index (Phi) is 10.3. The van der Waals surface area contributed by atoms with Gasteiger partial charge < -0.3 is 19.2 Å². The van der Waals surface area contributed by atoms with Gasteiger partial charge in [-0.1, -0.05) is 38.1 Å². The summed E-state index contributed by atoms with van der Waals surface area (Å²) in [5, 5.41) is 0. The molecule has 2 rings (SSSR count). The highest BCUT2D eigenvalue weighted by molar-refractivity contribution is 5.51. The average molecular weight is 428 g/mol. The predicted octanol–water partition coefficient (Wildman–Crippen LogP) is 5.68. The number of carbonyl (C=O) groups excluding carboxylic acids is 1. The molecule has 1 aliphatic rings. The molecular weight excluding hydrogens is 386 g/mol. The van der Waals surface area contributed by atoms with Crippen LogP contribution in [0.5, 0.6) is 5.75 Å². The molecule has 1 aliphatic carbocycles. The van der Waals surface area contributed by atoms with E-state index in [1.165, 1.54) is 5.56 Å². The third-order valence-electron chi connectivity index (χ3n) is 6.51. The summed E-state index contributed by atoms with van der Waals surface area (Å²) in [7, 11) is 2.19. The maximum Gasteiger partial charge on any atom is 0.120 e. The van der Waals surface area contributed by atoms with Crippen LogP contribution in [0.1, 0.15) is 52.5 Å². The Morgan fingerprint density at radius 2 is 1.94 bits per heavy atom. The zero-order valence-electron chi connectivity index (χ0n) is 20.1. The molecular formula is C27H41NO3. The minimum absolute atomic E-state index is 0.113. The van der Waals surface area contributed by atoms with E-state index in [1.807, 2.05) is 19.9 Å². The lowest BCUT2D eigenvalue weighted by molar-refractivity contribution is -0.109. The van der Waals surface area contributed by atoms with Crippen LogP contribution in [0.4, 0.5) is 0 Å². The van der Waals surface area contributed by atoms with Crippen LogP contribution in [-0.2, 0) is 16.0 Å². The van der Waals surface area contributed by atoms with Crippen molar-refractivity contribution in [1.82, 2.24) is 4.90 Å². The maximum atomic E-state index is 11.4. The van der Waals surface area contributed by atoms with Crippen molar-refractivity contribution in [3.05, 3.63) is 53.8 Å². The molecule has 0 N–H and O–H groups in total. The highest BCUT2D eigenvalue weighted by Gasteiger charge is 2.45. The molecule has 0 heterocycles. The number of benzene rings is 1. The second-order valence-electron chi connectivity index (χ2n) is 8.79. The first-order chi connectivity index (χ1) is 15.0. The van der Waals surface area contributed by atoms with Gasteiger partial charge in [0.25, 0.3) is 0 Å². The van der Waals surface area contributed by atoms with Gasteiger partial charge in [0, 0.05) is 18.4 Å². The van der Waals surface area contributed by atoms with E-state index in [0.29, 0.717) is 25.6 Å². The van der Waals surface area contributed by atoms with Crippen LogP contribution in [0.2, 0.25) is 0 Å². The molecule has 2 atom stereocenters. The van der Waals surface area contributed by atoms with E-state index in [-0.39, 0.29) is 11.3 Å². The summed E-state index contributed by atoms with van der Waals surface area (Å²) >= 11 is 0. The zero-order chi connectivity index (χ0) is 22.7. The van der Waals surface area contributed by atoms with Gasteiger partial charge in [-0.05, 0) is 82.3 Å². The Labute approximate surface area is 189 Å². The predicted molar refractivity (Wildman–Crippen MR) is 128 cm³/mol. The van der Waals surface area contributed by atoms with Crippen LogP contribution in [0.15, 0.2) is 48.3 Å². The molecule has 172 valence electrons. The fraction of sp³-hybridized carbons (Fsp3) is 0.593. The van der Waals surface area contributed by atoms with E-state index < -0.39 is 0 Å². The largest absolute Gasteiger partial charge is 0.498 e. The molecule has 0 radical (unpaired) electrons. The lowest BCUT2D eigenvalue weighted by Gasteiger charge is -2.45. The second kappa shape index (κ2) is 12.7. The number of carbonyl (C=O) groups is 1. The normalized spacial score (nSPS) is 20.7. The van der Waals surface area contributed by atoms with E-state index in [2.05, 4.69) is 62.2 Å². The molecule has 0 saturated carbocycles. The molecule has 0 bridgehead atoms. The number of hydrogen-bond donors (Lipinski definition) is 0. The highest BCUT2D eigenvalue weighted by atomic mass is 16.5. The van der Waals surface area contributed by atoms with Crippen LogP contribution >= 0.6 is 0 Å². The van der Waals surface area contributed by atoms with Gasteiger partial charge in [0.15, 0.2) is 0 Å². The molecule has 0 saturated heterocycles. The monoisotopic (exact) mass is 427 g/mol. The fourth-order valence-corrected chi connectivity index (χ4v) is 4.86. The standard InChI is InChI=1S/C27H41NO3/c1-6-30-25-13-8-11-23(21-25)15-19-28(5)18-10-17-27(22(3)4)24(16-20-29)12-9-14-26(27)31-7-2/h8-9,11-14,20-22,24H,6-7,10,15-19H2,1-5H3/t24-,27?/m0/s1. The molecule has 0 aromatic heterocycles. The number of likely N-dealkylation sites (N-methyl/N-ethyl adjacent to an activating group) is 1. The summed E-state index contributed by atoms with van der Waals surface area (Å²) in [5.41, 5.74) is 1.19. The lowest BCUT2D eigenvalue weighted by atomic mass is 9.61. The third kappa shape index (κ3) is 6.70. The summed E-state index contributed by atoms with van der Waals surface area (Å²) in [4.78, 5) is 13.8. The minimum Gasteiger partial charge on any atom is -0.498 e. The summed E-state index contributed by atoms with van der Waals surface area (Å²) in [6, 6.07) is 8.39. The molecule has 1 aromatic rings. The summed E-state index contributed by atoms with van der Waals surface area (Å²) in [5.74, 6) is 2.59. The van der Waals surface area contributed by atoms with Gasteiger partial charge in [0.2, 0.25) is 0 Å². The van der Waals surface area contributed by atoms with Gasteiger partial charge in [-0.2, -0.15) is 0 Å². The van der Waals surface area contributed by atoms with Gasteiger partial charge in [-0.25, -0.2) is 0 Å². The van der Waals surface area contributed by atoms with Crippen molar-refractivity contribution in [2.24, 2.45) is 17.3 Å². The Bertz CT molecular complexity index is 740. The van der Waals surface area contributed by atoms with E-state index in [9.17, 15) is 4.79 Å². The molecule has 4 nitrogen and oxygen atoms in total. The van der Waals surface area contributed by atoms with Crippen LogP contribution < -0.4 is 4.74 Å². The first-order valence-corrected chi connectivity index (χ1v) is 11.8. The van der Waals surface area contributed by atoms with Gasteiger partial charge in [0.05, 0.1) is 13.2 Å². The Balaban J connectivity index is 1.97. The summed E-state index contributed by atoms with van der Waals surface area (Å²) in [6.45, 7) is 12.0. The minimum atomic E-state index is -0.113. The SMILES string of the molecule is CCOC1=CC=C[C@@H](CC=O)C1(CCCN(C)CCc1cccc(OCC)c1)C(C)C. The zero-order valence-corrected chi connectivity index (χ0v) is 20.1. The quantitative estimate of drug-likeness (QED) is 0.358. The molecule has 4 heteroatoms. The lowest BCUT2D eigenvalue weighted by Crippen LogP contribution is -2.40. The number of allylic oxidation sites excluding steroid dienone is 4. The van der Waals surface area contributed by atoms with Gasteiger partial charge >= 0.3 is 0 Å². The van der Waals surface area contributed by atoms with Crippen LogP contribution in [-0.4, -0.2) is 44.5 Å². The highest BCUT2D eigenvalue weighted by Crippen LogP contribution is 2.50. The van der Waals surface area contributed by atoms with E-state index in [1.54, 1.807) is 0 Å². The Morgan fingerprint density at radius 1 is 1.16 bits per heavy atom. The molecule has 1 aromatic carbocycles. The van der Waals surface area contributed by atoms with Gasteiger partial charge in [-0.15, -0.1) is 0 Å². The van der Waals surface area contributed by atoms with Crippen LogP contribution in [0.3, 0.4) is 0 Å². The number of ether oxygens (including phenoxy) is 2. The smallest absolute Gasteiger partial charge is 0.120 e. The third-order valence-corrected chi connectivity index (χ3v) is 6.51. The van der Waals surface area contributed by atoms with Crippen molar-refractivity contribution in [3.8, 4) is 5.75 Å². The molecule has 1 unspecified atom stereocenters. The topological polar surface area (TPSA) is 38.8 Å². The second-order valence-corrected chi connectivity index (χ2v) is 8.79. The van der Waals surface area contributed by atoms with Gasteiger partial charge in [0.1, 0.15) is 17.8 Å². The van der Waals surface area contributed by atoms with Crippen molar-refractivity contribution in [1.29, 1.82) is 0 Å². The molecule has 0 amide bonds. The molecule has 31 heavy (non-hydrogen) atoms. The van der Waals surface area contributed by atoms with Crippen LogP contribution in [0.25, 0.3) is 0 Å². The summed E-state index contributed by atoms with van der Waals surface area (Å²) in [6.07, 6.45) is 11.1. The maximum absolute atomic E-state index is 11.4. The Hall–Kier alpha value is -2.07. The van der Waals surface area contributed by atoms with Crippen molar-refractivity contribution >= 4 is 6.29 Å². The number of nitrogens with zero attached hydrogens (tertiary/aromatic N) is 1. The number of rotatable bonds is 14. The average Bonchev–Trinajstić information content (AvgIpc) is 2.75. The number of hydrogen-bond acceptors (Lipinski definition) is 4. The van der Waals surface area contributed by atoms with Gasteiger partial charge in [-0.3, -0.25) is 0 Å². The van der Waals surface area contributed by atoms with E-state index in [0.717, 1.165) is 50.1 Å². The Morgan fingerprint density at radius 3 is 2.61 bits per heavy atom. The fourth-order valence-electron chi connectivity index (χ4n) is 4.86. The van der Waals surface area contributed by atoms with Crippen molar-refractivity contribution < 1.29 is 14.3 Å². The molecule has 0 aliphatic heterocycles. The first-order valence-electron chi connectivity index (χ1n) is 11.8. The van der Waals surface area contributed by atoms with Crippen molar-refractivity contribution in [2.75, 3.05) is 33.4 Å². The number of aldehydes is 1. The van der Waals surface area contributed by atoms with Crippen molar-refractivity contribution in [3.63, 3.8) is 0 Å². The van der Waals surface area contributed by atoms with Crippen molar-refractivity contribution in [2.45, 2.75) is 53.4 Å². The molecule has 0 fully saturated rings. The van der Waals surface area contributed by atoms with E-state index in [4.69, 9.17) is 9.47 Å².